The number of aromatic nitrogens is 2. The molecule has 0 aliphatic heterocycles. The average molecular weight is 556 g/mol. The van der Waals surface area contributed by atoms with Gasteiger partial charge in [0.05, 0.1) is 22.5 Å². The summed E-state index contributed by atoms with van der Waals surface area (Å²) in [4.78, 5) is 10.8. The van der Waals surface area contributed by atoms with Crippen molar-refractivity contribution in [2.45, 2.75) is 0 Å². The fourth-order valence-corrected chi connectivity index (χ4v) is 3.89. The predicted octanol–water partition coefficient (Wildman–Crippen LogP) is 5.99. The number of nitrogens with zero attached hydrogens (tertiary/aromatic N) is 4. The van der Waals surface area contributed by atoms with Crippen LogP contribution in [0.3, 0.4) is 0 Å². The molecule has 0 saturated heterocycles. The van der Waals surface area contributed by atoms with E-state index in [4.69, 9.17) is 10.8 Å². The van der Waals surface area contributed by atoms with Gasteiger partial charge >= 0.3 is 0 Å². The van der Waals surface area contributed by atoms with Gasteiger partial charge < -0.3 is 11.1 Å². The Kier molecular flexibility index (Phi) is 6.77. The van der Waals surface area contributed by atoms with Crippen LogP contribution < -0.4 is 11.1 Å². The van der Waals surface area contributed by atoms with E-state index in [1.54, 1.807) is 23.0 Å². The van der Waals surface area contributed by atoms with Crippen molar-refractivity contribution < 1.29 is 4.92 Å². The second-order valence-electron chi connectivity index (χ2n) is 6.72. The number of fused-ring (bicyclic) bond motifs is 1. The van der Waals surface area contributed by atoms with E-state index in [9.17, 15) is 10.1 Å². The van der Waals surface area contributed by atoms with Crippen LogP contribution in [-0.2, 0) is 0 Å². The number of benzene rings is 3. The normalized spacial score (nSPS) is 12.2. The summed E-state index contributed by atoms with van der Waals surface area (Å²) in [6.07, 6.45) is 3.74. The van der Waals surface area contributed by atoms with Gasteiger partial charge in [-0.3, -0.25) is 14.9 Å². The number of hydrogen-bond acceptors (Lipinski definition) is 6. The van der Waals surface area contributed by atoms with Gasteiger partial charge in [0.25, 0.3) is 5.69 Å². The highest BCUT2D eigenvalue weighted by Crippen LogP contribution is 2.30. The molecule has 1 aromatic heterocycles. The summed E-state index contributed by atoms with van der Waals surface area (Å²) in [5, 5.41) is 20.1. The van der Waals surface area contributed by atoms with E-state index in [1.807, 2.05) is 48.5 Å². The molecule has 0 aliphatic carbocycles. The van der Waals surface area contributed by atoms with E-state index in [-0.39, 0.29) is 5.69 Å². The van der Waals surface area contributed by atoms with Gasteiger partial charge in [-0.05, 0) is 57.9 Å². The van der Waals surface area contributed by atoms with E-state index < -0.39 is 4.92 Å². The Morgan fingerprint density at radius 2 is 1.94 bits per heavy atom. The van der Waals surface area contributed by atoms with Crippen LogP contribution in [0.4, 0.5) is 17.2 Å². The van der Waals surface area contributed by atoms with E-state index in [2.05, 4.69) is 32.1 Å². The first-order valence-corrected chi connectivity index (χ1v) is 13.6. The number of nitrogens with two attached hydrogens (primary N) is 1. The molecule has 4 rings (SSSR count). The zero-order chi connectivity index (χ0) is 22.5. The molecule has 3 N–H and O–H groups in total. The molecule has 1 heterocycles. The lowest BCUT2D eigenvalue weighted by atomic mass is 10.1. The minimum Gasteiger partial charge on any atom is -0.404 e. The Balaban J connectivity index is 1.68. The van der Waals surface area contributed by atoms with Gasteiger partial charge in [-0.25, -0.2) is 4.68 Å². The molecule has 1 atom stereocenters. The molecule has 160 valence electrons. The molecular formula is C22H18IN6O2P. The Labute approximate surface area is 198 Å². The van der Waals surface area contributed by atoms with Gasteiger partial charge in [-0.1, -0.05) is 30.3 Å². The highest BCUT2D eigenvalue weighted by atomic mass is 127. The third-order valence-corrected chi connectivity index (χ3v) is 5.85. The smallest absolute Gasteiger partial charge is 0.271 e. The molecule has 0 spiro atoms. The standard InChI is InChI=1S/C22H18IN6O2P/c23-32-25-14-16(13-24)15-8-10-17(11-9-15)26-22-20-6-1-2-7-21(20)28(27-22)18-4-3-5-19(12-18)29(30)31/h1-14,32H,24H2,(H,26,27). The lowest BCUT2D eigenvalue weighted by Gasteiger charge is -2.06. The van der Waals surface area contributed by atoms with E-state index >= 15 is 0 Å². The molecule has 0 fully saturated rings. The molecule has 0 bridgehead atoms. The topological polar surface area (TPSA) is 111 Å². The van der Waals surface area contributed by atoms with Crippen LogP contribution in [0.2, 0.25) is 0 Å². The predicted molar refractivity (Wildman–Crippen MR) is 140 cm³/mol. The number of rotatable bonds is 7. The van der Waals surface area contributed by atoms with Crippen LogP contribution in [0.1, 0.15) is 5.56 Å². The Morgan fingerprint density at radius 1 is 1.16 bits per heavy atom. The molecule has 1 unspecified atom stereocenters. The quantitative estimate of drug-likeness (QED) is 0.0955. The number of nitrogens with one attached hydrogen (secondary N) is 1. The second kappa shape index (κ2) is 9.88. The third kappa shape index (κ3) is 4.63. The summed E-state index contributed by atoms with van der Waals surface area (Å²) in [5.41, 5.74) is 9.87. The monoisotopic (exact) mass is 556 g/mol. The molecule has 32 heavy (non-hydrogen) atoms. The van der Waals surface area contributed by atoms with Crippen LogP contribution in [-0.4, -0.2) is 20.9 Å². The highest BCUT2D eigenvalue weighted by molar-refractivity contribution is 14.2. The van der Waals surface area contributed by atoms with E-state index in [0.29, 0.717) is 17.9 Å². The van der Waals surface area contributed by atoms with Crippen molar-refractivity contribution in [2.24, 2.45) is 10.5 Å². The summed E-state index contributed by atoms with van der Waals surface area (Å²) in [6.45, 7) is 0. The molecule has 10 heteroatoms. The van der Waals surface area contributed by atoms with Crippen LogP contribution in [0, 0.1) is 10.1 Å². The van der Waals surface area contributed by atoms with Crippen molar-refractivity contribution in [3.8, 4) is 5.69 Å². The van der Waals surface area contributed by atoms with Crippen molar-refractivity contribution in [3.63, 3.8) is 0 Å². The minimum atomic E-state index is -0.412. The maximum absolute atomic E-state index is 11.2. The van der Waals surface area contributed by atoms with Crippen LogP contribution in [0.25, 0.3) is 22.2 Å². The number of halogens is 1. The van der Waals surface area contributed by atoms with Crippen LogP contribution in [0.5, 0.6) is 0 Å². The summed E-state index contributed by atoms with van der Waals surface area (Å²) >= 11 is 2.20. The minimum absolute atomic E-state index is 0.0163. The summed E-state index contributed by atoms with van der Waals surface area (Å²) < 4.78 is 5.97. The largest absolute Gasteiger partial charge is 0.404 e. The Morgan fingerprint density at radius 3 is 2.66 bits per heavy atom. The molecule has 0 amide bonds. The number of hydrogen-bond donors (Lipinski definition) is 2. The van der Waals surface area contributed by atoms with Gasteiger partial charge in [0.2, 0.25) is 0 Å². The number of non-ortho nitro benzene ring substituents is 1. The van der Waals surface area contributed by atoms with Crippen LogP contribution >= 0.6 is 28.4 Å². The molecular weight excluding hydrogens is 538 g/mol. The fourth-order valence-electron chi connectivity index (χ4n) is 3.28. The Bertz CT molecular complexity index is 1330. The number of anilines is 2. The molecule has 3 aromatic carbocycles. The first-order valence-electron chi connectivity index (χ1n) is 9.51. The number of allylic oxidation sites excluding steroid dienone is 1. The van der Waals surface area contributed by atoms with Gasteiger partial charge in [0.1, 0.15) is 0 Å². The van der Waals surface area contributed by atoms with Gasteiger partial charge in [0, 0.05) is 41.2 Å². The lowest BCUT2D eigenvalue weighted by molar-refractivity contribution is -0.384. The zero-order valence-corrected chi connectivity index (χ0v) is 19.8. The maximum Gasteiger partial charge on any atom is 0.271 e. The number of nitro benzene ring substituents is 1. The molecule has 0 saturated carbocycles. The molecule has 4 aromatic rings. The van der Waals surface area contributed by atoms with Gasteiger partial charge in [0.15, 0.2) is 5.82 Å². The maximum atomic E-state index is 11.2. The summed E-state index contributed by atoms with van der Waals surface area (Å²) in [5.74, 6) is 0.655. The zero-order valence-electron chi connectivity index (χ0n) is 16.6. The first kappa shape index (κ1) is 21.9. The first-order chi connectivity index (χ1) is 15.6. The van der Waals surface area contributed by atoms with Crippen LogP contribution in [0.15, 0.2) is 83.8 Å². The fraction of sp³-hybridized carbons (Fsp3) is 0. The third-order valence-electron chi connectivity index (χ3n) is 4.79. The molecule has 0 aliphatic rings. The number of nitro groups is 1. The molecule has 0 radical (unpaired) electrons. The highest BCUT2D eigenvalue weighted by Gasteiger charge is 2.14. The van der Waals surface area contributed by atoms with Gasteiger partial charge in [-0.2, -0.15) is 0 Å². The lowest BCUT2D eigenvalue weighted by Crippen LogP contribution is -1.99. The summed E-state index contributed by atoms with van der Waals surface area (Å²) in [7, 11) is 0. The average Bonchev–Trinajstić information content (AvgIpc) is 3.19. The van der Waals surface area contributed by atoms with Gasteiger partial charge in [-0.15, -0.1) is 5.10 Å². The van der Waals surface area contributed by atoms with Crippen molar-refractivity contribution in [1.29, 1.82) is 0 Å². The van der Waals surface area contributed by atoms with E-state index in [1.165, 1.54) is 18.3 Å². The van der Waals surface area contributed by atoms with Crippen molar-refractivity contribution in [2.75, 3.05) is 5.32 Å². The second-order valence-corrected chi connectivity index (χ2v) is 8.60. The van der Waals surface area contributed by atoms with Crippen molar-refractivity contribution in [1.82, 2.24) is 9.78 Å². The molecule has 8 nitrogen and oxygen atoms in total. The SMILES string of the molecule is NC=C(C=NPI)c1ccc(Nc2nn(-c3cccc([N+](=O)[O-])c3)c3ccccc23)cc1. The Hall–Kier alpha value is -3.30. The van der Waals surface area contributed by atoms with Crippen molar-refractivity contribution >= 4 is 68.3 Å². The van der Waals surface area contributed by atoms with E-state index in [0.717, 1.165) is 27.7 Å². The number of para-hydroxylation sites is 1. The summed E-state index contributed by atoms with van der Waals surface area (Å²) in [6, 6.07) is 22.0. The van der Waals surface area contributed by atoms with Crippen molar-refractivity contribution in [3.05, 3.63) is 94.7 Å².